The fourth-order valence-corrected chi connectivity index (χ4v) is 3.22. The molecular formula is C21H19FN4O2. The zero-order valence-corrected chi connectivity index (χ0v) is 15.4. The van der Waals surface area contributed by atoms with E-state index in [0.717, 1.165) is 5.56 Å². The van der Waals surface area contributed by atoms with Crippen molar-refractivity contribution < 1.29 is 13.9 Å². The molecule has 1 unspecified atom stereocenters. The van der Waals surface area contributed by atoms with Gasteiger partial charge in [0.15, 0.2) is 0 Å². The largest absolute Gasteiger partial charge is 0.497 e. The molecule has 0 radical (unpaired) electrons. The molecular weight excluding hydrogens is 359 g/mol. The van der Waals surface area contributed by atoms with Gasteiger partial charge in [0.25, 0.3) is 5.91 Å². The van der Waals surface area contributed by atoms with Crippen molar-refractivity contribution in [3.05, 3.63) is 83.8 Å². The highest BCUT2D eigenvalue weighted by molar-refractivity contribution is 5.98. The molecule has 1 amide bonds. The molecule has 4 rings (SSSR count). The number of hydrogen-bond acceptors (Lipinski definition) is 3. The Morgan fingerprint density at radius 1 is 1.25 bits per heavy atom. The first kappa shape index (κ1) is 17.8. The lowest BCUT2D eigenvalue weighted by molar-refractivity contribution is 0.0937. The van der Waals surface area contributed by atoms with Crippen LogP contribution in [-0.2, 0) is 7.05 Å². The number of rotatable bonds is 5. The maximum atomic E-state index is 14.0. The predicted octanol–water partition coefficient (Wildman–Crippen LogP) is 3.57. The molecule has 28 heavy (non-hydrogen) atoms. The number of H-pyrrole nitrogens is 1. The predicted molar refractivity (Wildman–Crippen MR) is 104 cm³/mol. The fraction of sp³-hybridized carbons (Fsp3) is 0.143. The number of aryl methyl sites for hydroxylation is 1. The van der Waals surface area contributed by atoms with E-state index in [1.807, 2.05) is 42.1 Å². The highest BCUT2D eigenvalue weighted by atomic mass is 19.1. The lowest BCUT2D eigenvalue weighted by Gasteiger charge is -2.19. The first-order valence-corrected chi connectivity index (χ1v) is 8.76. The zero-order valence-electron chi connectivity index (χ0n) is 15.4. The number of amides is 1. The topological polar surface area (TPSA) is 71.9 Å². The van der Waals surface area contributed by atoms with E-state index in [1.165, 1.54) is 12.1 Å². The molecule has 0 aliphatic rings. The van der Waals surface area contributed by atoms with Crippen molar-refractivity contribution in [2.45, 2.75) is 6.04 Å². The van der Waals surface area contributed by atoms with Crippen LogP contribution >= 0.6 is 0 Å². The summed E-state index contributed by atoms with van der Waals surface area (Å²) >= 11 is 0. The molecule has 2 aromatic heterocycles. The standard InChI is InChI=1S/C21H19FN4O2/c1-26-10-9-23-20(26)19(13-5-3-6-14(11-13)28-2)25-21(27)18-12-15-16(22)7-4-8-17(15)24-18/h3-12,19,24H,1-2H3,(H,25,27). The Balaban J connectivity index is 1.71. The number of fused-ring (bicyclic) bond motifs is 1. The van der Waals surface area contributed by atoms with Crippen LogP contribution in [0.3, 0.4) is 0 Å². The second-order valence-electron chi connectivity index (χ2n) is 6.46. The first-order valence-electron chi connectivity index (χ1n) is 8.76. The number of halogens is 1. The Morgan fingerprint density at radius 2 is 2.07 bits per heavy atom. The summed E-state index contributed by atoms with van der Waals surface area (Å²) in [4.78, 5) is 20.3. The molecule has 1 atom stereocenters. The third-order valence-corrected chi connectivity index (χ3v) is 4.67. The summed E-state index contributed by atoms with van der Waals surface area (Å²) in [7, 11) is 3.45. The Kier molecular flexibility index (Phi) is 4.57. The minimum atomic E-state index is -0.501. The lowest BCUT2D eigenvalue weighted by atomic mass is 10.1. The van der Waals surface area contributed by atoms with Crippen molar-refractivity contribution in [2.75, 3.05) is 7.11 Å². The Hall–Kier alpha value is -3.61. The van der Waals surface area contributed by atoms with E-state index in [1.54, 1.807) is 25.4 Å². The highest BCUT2D eigenvalue weighted by Crippen LogP contribution is 2.25. The molecule has 0 bridgehead atoms. The third kappa shape index (κ3) is 3.22. The summed E-state index contributed by atoms with van der Waals surface area (Å²) in [5.74, 6) is 0.621. The summed E-state index contributed by atoms with van der Waals surface area (Å²) in [6.07, 6.45) is 3.49. The third-order valence-electron chi connectivity index (χ3n) is 4.67. The van der Waals surface area contributed by atoms with E-state index < -0.39 is 6.04 Å². The van der Waals surface area contributed by atoms with Gasteiger partial charge >= 0.3 is 0 Å². The van der Waals surface area contributed by atoms with E-state index in [0.29, 0.717) is 22.5 Å². The number of hydrogen-bond donors (Lipinski definition) is 2. The van der Waals surface area contributed by atoms with Gasteiger partial charge in [0.1, 0.15) is 29.1 Å². The first-order chi connectivity index (χ1) is 13.6. The second kappa shape index (κ2) is 7.19. The molecule has 2 heterocycles. The number of aromatic amines is 1. The summed E-state index contributed by atoms with van der Waals surface area (Å²) in [5, 5.41) is 3.37. The molecule has 2 aromatic carbocycles. The highest BCUT2D eigenvalue weighted by Gasteiger charge is 2.23. The molecule has 2 N–H and O–H groups in total. The van der Waals surface area contributed by atoms with Crippen LogP contribution in [0.25, 0.3) is 10.9 Å². The summed E-state index contributed by atoms with van der Waals surface area (Å²) in [5.41, 5.74) is 1.67. The number of benzene rings is 2. The smallest absolute Gasteiger partial charge is 0.268 e. The zero-order chi connectivity index (χ0) is 19.7. The maximum Gasteiger partial charge on any atom is 0.268 e. The minimum absolute atomic E-state index is 0.280. The van der Waals surface area contributed by atoms with Gasteiger partial charge in [-0.15, -0.1) is 0 Å². The Bertz CT molecular complexity index is 1150. The monoisotopic (exact) mass is 378 g/mol. The van der Waals surface area contributed by atoms with Gasteiger partial charge in [-0.3, -0.25) is 4.79 Å². The summed E-state index contributed by atoms with van der Waals surface area (Å²) < 4.78 is 21.1. The van der Waals surface area contributed by atoms with Gasteiger partial charge in [-0.2, -0.15) is 0 Å². The lowest BCUT2D eigenvalue weighted by Crippen LogP contribution is -2.31. The molecule has 0 fully saturated rings. The number of nitrogens with zero attached hydrogens (tertiary/aromatic N) is 2. The van der Waals surface area contributed by atoms with E-state index in [2.05, 4.69) is 15.3 Å². The Labute approximate surface area is 161 Å². The SMILES string of the molecule is COc1cccc(C(NC(=O)c2cc3c(F)cccc3[nH]2)c2nccn2C)c1. The molecule has 0 saturated carbocycles. The molecule has 7 heteroatoms. The van der Waals surface area contributed by atoms with Crippen molar-refractivity contribution in [2.24, 2.45) is 7.05 Å². The molecule has 0 saturated heterocycles. The van der Waals surface area contributed by atoms with Crippen LogP contribution in [0.5, 0.6) is 5.75 Å². The van der Waals surface area contributed by atoms with Crippen LogP contribution in [0, 0.1) is 5.82 Å². The van der Waals surface area contributed by atoms with Gasteiger partial charge in [0.05, 0.1) is 7.11 Å². The molecule has 0 aliphatic carbocycles. The van der Waals surface area contributed by atoms with E-state index in [4.69, 9.17) is 4.74 Å². The number of carbonyl (C=O) groups is 1. The quantitative estimate of drug-likeness (QED) is 0.558. The van der Waals surface area contributed by atoms with Gasteiger partial charge in [-0.25, -0.2) is 9.37 Å². The maximum absolute atomic E-state index is 14.0. The summed E-state index contributed by atoms with van der Waals surface area (Å²) in [6, 6.07) is 13.1. The van der Waals surface area contributed by atoms with Crippen LogP contribution in [0.4, 0.5) is 4.39 Å². The fourth-order valence-electron chi connectivity index (χ4n) is 3.22. The van der Waals surface area contributed by atoms with Crippen LogP contribution < -0.4 is 10.1 Å². The Morgan fingerprint density at radius 3 is 2.79 bits per heavy atom. The number of nitrogens with one attached hydrogen (secondary N) is 2. The van der Waals surface area contributed by atoms with Crippen molar-refractivity contribution in [1.82, 2.24) is 19.9 Å². The number of aromatic nitrogens is 3. The second-order valence-corrected chi connectivity index (χ2v) is 6.46. The number of imidazole rings is 1. The van der Waals surface area contributed by atoms with Gasteiger partial charge in [0.2, 0.25) is 0 Å². The summed E-state index contributed by atoms with van der Waals surface area (Å²) in [6.45, 7) is 0. The molecule has 142 valence electrons. The van der Waals surface area contributed by atoms with Crippen LogP contribution in [-0.4, -0.2) is 27.6 Å². The van der Waals surface area contributed by atoms with Crippen molar-refractivity contribution >= 4 is 16.8 Å². The van der Waals surface area contributed by atoms with E-state index in [-0.39, 0.29) is 17.4 Å². The van der Waals surface area contributed by atoms with Gasteiger partial charge < -0.3 is 19.6 Å². The van der Waals surface area contributed by atoms with Crippen LogP contribution in [0.1, 0.15) is 27.9 Å². The number of methoxy groups -OCH3 is 1. The van der Waals surface area contributed by atoms with Gasteiger partial charge in [-0.05, 0) is 35.9 Å². The van der Waals surface area contributed by atoms with Crippen molar-refractivity contribution in [3.63, 3.8) is 0 Å². The van der Waals surface area contributed by atoms with Crippen LogP contribution in [0.2, 0.25) is 0 Å². The normalized spacial score (nSPS) is 12.1. The van der Waals surface area contributed by atoms with E-state index >= 15 is 0 Å². The van der Waals surface area contributed by atoms with Gasteiger partial charge in [0, 0.05) is 30.3 Å². The molecule has 4 aromatic rings. The number of carbonyl (C=O) groups excluding carboxylic acids is 1. The molecule has 6 nitrogen and oxygen atoms in total. The van der Waals surface area contributed by atoms with E-state index in [9.17, 15) is 9.18 Å². The molecule has 0 spiro atoms. The average molecular weight is 378 g/mol. The van der Waals surface area contributed by atoms with Crippen molar-refractivity contribution in [3.8, 4) is 5.75 Å². The minimum Gasteiger partial charge on any atom is -0.497 e. The van der Waals surface area contributed by atoms with Crippen molar-refractivity contribution in [1.29, 1.82) is 0 Å². The van der Waals surface area contributed by atoms with Crippen LogP contribution in [0.15, 0.2) is 60.9 Å². The number of ether oxygens (including phenoxy) is 1. The van der Waals surface area contributed by atoms with Gasteiger partial charge in [-0.1, -0.05) is 18.2 Å². The molecule has 0 aliphatic heterocycles. The average Bonchev–Trinajstić information content (AvgIpc) is 3.33.